The number of aromatic nitrogens is 1. The molecule has 6 heteroatoms. The zero-order valence-corrected chi connectivity index (χ0v) is 12.5. The van der Waals surface area contributed by atoms with Crippen molar-refractivity contribution in [1.82, 2.24) is 9.88 Å². The third-order valence-corrected chi connectivity index (χ3v) is 4.23. The van der Waals surface area contributed by atoms with Gasteiger partial charge in [-0.25, -0.2) is 4.98 Å². The molecule has 0 amide bonds. The number of rotatable bonds is 4. The number of nitrogens with zero attached hydrogens (tertiary/aromatic N) is 2. The molecule has 2 heterocycles. The van der Waals surface area contributed by atoms with Gasteiger partial charge in [0.15, 0.2) is 0 Å². The van der Waals surface area contributed by atoms with Crippen LogP contribution in [0.1, 0.15) is 32.4 Å². The Morgan fingerprint density at radius 3 is 2.48 bits per heavy atom. The highest BCUT2D eigenvalue weighted by atomic mass is 19.4. The first-order valence-electron chi connectivity index (χ1n) is 7.42. The van der Waals surface area contributed by atoms with Gasteiger partial charge in [-0.3, -0.25) is 0 Å². The van der Waals surface area contributed by atoms with Gasteiger partial charge in [0.1, 0.15) is 5.69 Å². The number of hydrogen-bond acceptors (Lipinski definition) is 3. The molecule has 0 radical (unpaired) electrons. The van der Waals surface area contributed by atoms with Crippen LogP contribution in [0.25, 0.3) is 0 Å². The summed E-state index contributed by atoms with van der Waals surface area (Å²) in [6, 6.07) is 2.71. The zero-order chi connectivity index (χ0) is 15.5. The van der Waals surface area contributed by atoms with Crippen molar-refractivity contribution in [1.29, 1.82) is 0 Å². The molecule has 118 valence electrons. The summed E-state index contributed by atoms with van der Waals surface area (Å²) in [4.78, 5) is 5.90. The number of pyridine rings is 1. The van der Waals surface area contributed by atoms with Crippen LogP contribution in [0.4, 0.5) is 18.9 Å². The molecular weight excluding hydrogens is 279 g/mol. The molecule has 0 aromatic carbocycles. The third-order valence-electron chi connectivity index (χ3n) is 4.23. The van der Waals surface area contributed by atoms with E-state index >= 15 is 0 Å². The van der Waals surface area contributed by atoms with Crippen molar-refractivity contribution < 1.29 is 13.2 Å². The van der Waals surface area contributed by atoms with Gasteiger partial charge in [0, 0.05) is 6.04 Å². The molecule has 1 saturated heterocycles. The molecule has 1 unspecified atom stereocenters. The van der Waals surface area contributed by atoms with E-state index in [1.165, 1.54) is 12.3 Å². The summed E-state index contributed by atoms with van der Waals surface area (Å²) in [7, 11) is 0. The van der Waals surface area contributed by atoms with Crippen molar-refractivity contribution in [3.63, 3.8) is 0 Å². The summed E-state index contributed by atoms with van der Waals surface area (Å²) in [6.07, 6.45) is -0.871. The first-order chi connectivity index (χ1) is 9.90. The topological polar surface area (TPSA) is 28.2 Å². The highest BCUT2D eigenvalue weighted by Crippen LogP contribution is 2.28. The van der Waals surface area contributed by atoms with Crippen LogP contribution < -0.4 is 5.32 Å². The van der Waals surface area contributed by atoms with E-state index in [1.807, 2.05) is 0 Å². The molecule has 1 aliphatic heterocycles. The maximum Gasteiger partial charge on any atom is 0.433 e. The fraction of sp³-hybridized carbons (Fsp3) is 0.667. The molecule has 1 aromatic heterocycles. The Bertz CT molecular complexity index is 436. The number of piperidine rings is 1. The summed E-state index contributed by atoms with van der Waals surface area (Å²) in [5, 5.41) is 3.27. The normalized spacial score (nSPS) is 19.5. The molecule has 3 nitrogen and oxygen atoms in total. The molecule has 0 bridgehead atoms. The Morgan fingerprint density at radius 2 is 2.00 bits per heavy atom. The summed E-state index contributed by atoms with van der Waals surface area (Å²) in [5.41, 5.74) is -0.203. The smallest absolute Gasteiger partial charge is 0.381 e. The molecule has 0 aliphatic carbocycles. The Kier molecular flexibility index (Phi) is 5.08. The maximum absolute atomic E-state index is 12.5. The molecule has 0 spiro atoms. The van der Waals surface area contributed by atoms with E-state index in [4.69, 9.17) is 0 Å². The van der Waals surface area contributed by atoms with Crippen LogP contribution in [0.3, 0.4) is 0 Å². The highest BCUT2D eigenvalue weighted by molar-refractivity contribution is 5.42. The first-order valence-corrected chi connectivity index (χ1v) is 7.42. The van der Waals surface area contributed by atoms with Crippen LogP contribution in [0.15, 0.2) is 18.3 Å². The SMILES string of the molecule is CCN1CCC(C(C)Nc2ccc(C(F)(F)F)nc2)CC1. The summed E-state index contributed by atoms with van der Waals surface area (Å²) in [6.45, 7) is 7.52. The van der Waals surface area contributed by atoms with Gasteiger partial charge in [-0.1, -0.05) is 6.92 Å². The van der Waals surface area contributed by atoms with E-state index in [-0.39, 0.29) is 6.04 Å². The summed E-state index contributed by atoms with van der Waals surface area (Å²) < 4.78 is 37.4. The number of anilines is 1. The average molecular weight is 301 g/mol. The lowest BCUT2D eigenvalue weighted by atomic mass is 9.90. The minimum Gasteiger partial charge on any atom is -0.381 e. The monoisotopic (exact) mass is 301 g/mol. The van der Waals surface area contributed by atoms with Crippen LogP contribution in [0, 0.1) is 5.92 Å². The molecule has 1 N–H and O–H groups in total. The molecule has 21 heavy (non-hydrogen) atoms. The molecule has 2 rings (SSSR count). The lowest BCUT2D eigenvalue weighted by Gasteiger charge is -2.34. The van der Waals surface area contributed by atoms with Crippen LogP contribution in [-0.2, 0) is 6.18 Å². The number of alkyl halides is 3. The zero-order valence-electron chi connectivity index (χ0n) is 12.5. The van der Waals surface area contributed by atoms with Gasteiger partial charge < -0.3 is 10.2 Å². The molecule has 1 atom stereocenters. The van der Waals surface area contributed by atoms with Gasteiger partial charge in [0.2, 0.25) is 0 Å². The predicted molar refractivity (Wildman–Crippen MR) is 77.2 cm³/mol. The molecule has 0 saturated carbocycles. The van der Waals surface area contributed by atoms with Crippen LogP contribution >= 0.6 is 0 Å². The summed E-state index contributed by atoms with van der Waals surface area (Å²) >= 11 is 0. The fourth-order valence-corrected chi connectivity index (χ4v) is 2.80. The van der Waals surface area contributed by atoms with E-state index in [0.29, 0.717) is 11.6 Å². The Hall–Kier alpha value is -1.30. The first kappa shape index (κ1) is 16.1. The van der Waals surface area contributed by atoms with Crippen molar-refractivity contribution in [2.45, 2.75) is 38.9 Å². The van der Waals surface area contributed by atoms with Gasteiger partial charge in [0.05, 0.1) is 11.9 Å². The van der Waals surface area contributed by atoms with Gasteiger partial charge >= 0.3 is 6.18 Å². The van der Waals surface area contributed by atoms with Crippen molar-refractivity contribution in [3.05, 3.63) is 24.0 Å². The number of hydrogen-bond donors (Lipinski definition) is 1. The van der Waals surface area contributed by atoms with Crippen molar-refractivity contribution in [2.75, 3.05) is 25.0 Å². The van der Waals surface area contributed by atoms with E-state index < -0.39 is 11.9 Å². The van der Waals surface area contributed by atoms with E-state index in [0.717, 1.165) is 38.5 Å². The van der Waals surface area contributed by atoms with Crippen molar-refractivity contribution in [3.8, 4) is 0 Å². The Labute approximate surface area is 123 Å². The van der Waals surface area contributed by atoms with Crippen molar-refractivity contribution >= 4 is 5.69 Å². The van der Waals surface area contributed by atoms with Gasteiger partial charge in [0.25, 0.3) is 0 Å². The fourth-order valence-electron chi connectivity index (χ4n) is 2.80. The third kappa shape index (κ3) is 4.33. The lowest BCUT2D eigenvalue weighted by molar-refractivity contribution is -0.141. The number of nitrogens with one attached hydrogen (secondary N) is 1. The molecule has 1 fully saturated rings. The van der Waals surface area contributed by atoms with Gasteiger partial charge in [-0.2, -0.15) is 13.2 Å². The van der Waals surface area contributed by atoms with Crippen LogP contribution in [0.2, 0.25) is 0 Å². The quantitative estimate of drug-likeness (QED) is 0.920. The van der Waals surface area contributed by atoms with E-state index in [9.17, 15) is 13.2 Å². The maximum atomic E-state index is 12.5. The van der Waals surface area contributed by atoms with Gasteiger partial charge in [-0.05, 0) is 57.5 Å². The average Bonchev–Trinajstić information content (AvgIpc) is 2.47. The van der Waals surface area contributed by atoms with Crippen LogP contribution in [-0.4, -0.2) is 35.6 Å². The largest absolute Gasteiger partial charge is 0.433 e. The van der Waals surface area contributed by atoms with Crippen LogP contribution in [0.5, 0.6) is 0 Å². The molecule has 1 aromatic rings. The number of halogens is 3. The van der Waals surface area contributed by atoms with Gasteiger partial charge in [-0.15, -0.1) is 0 Å². The second-order valence-electron chi connectivity index (χ2n) is 5.63. The van der Waals surface area contributed by atoms with Crippen molar-refractivity contribution in [2.24, 2.45) is 5.92 Å². The van der Waals surface area contributed by atoms with E-state index in [1.54, 1.807) is 0 Å². The number of likely N-dealkylation sites (tertiary alicyclic amines) is 1. The second-order valence-corrected chi connectivity index (χ2v) is 5.63. The highest BCUT2D eigenvalue weighted by Gasteiger charge is 2.32. The molecule has 1 aliphatic rings. The predicted octanol–water partition coefficient (Wildman–Crippen LogP) is 3.63. The Balaban J connectivity index is 1.89. The minimum absolute atomic E-state index is 0.238. The summed E-state index contributed by atoms with van der Waals surface area (Å²) in [5.74, 6) is 0.551. The Morgan fingerprint density at radius 1 is 1.33 bits per heavy atom. The lowest BCUT2D eigenvalue weighted by Crippen LogP contribution is -2.39. The minimum atomic E-state index is -4.38. The second kappa shape index (κ2) is 6.64. The standard InChI is InChI=1S/C15H22F3N3/c1-3-21-8-6-12(7-9-21)11(2)20-13-4-5-14(19-10-13)15(16,17)18/h4-5,10-12,20H,3,6-9H2,1-2H3. The van der Waals surface area contributed by atoms with E-state index in [2.05, 4.69) is 29.0 Å². The molecular formula is C15H22F3N3.